The molecular formula is C7H14N2O3S. The zero-order valence-electron chi connectivity index (χ0n) is 7.61. The maximum atomic E-state index is 10.5. The first-order valence-electron chi connectivity index (χ1n) is 3.79. The minimum atomic E-state index is -1.03. The fraction of sp³-hybridized carbons (Fsp3) is 0.714. The number of nitrogens with two attached hydrogens (primary N) is 1. The van der Waals surface area contributed by atoms with Crippen molar-refractivity contribution >= 4 is 23.6 Å². The number of rotatable bonds is 5. The Hall–Kier alpha value is -0.750. The van der Waals surface area contributed by atoms with Gasteiger partial charge in [0.1, 0.15) is 6.04 Å². The van der Waals surface area contributed by atoms with Gasteiger partial charge in [-0.1, -0.05) is 6.92 Å². The van der Waals surface area contributed by atoms with Crippen molar-refractivity contribution in [3.05, 3.63) is 0 Å². The predicted molar refractivity (Wildman–Crippen MR) is 51.3 cm³/mol. The second-order valence-corrected chi connectivity index (χ2v) is 3.98. The molecule has 0 radical (unpaired) electrons. The van der Waals surface area contributed by atoms with E-state index in [9.17, 15) is 9.59 Å². The summed E-state index contributed by atoms with van der Waals surface area (Å²) in [6, 6.07) is -0.890. The molecule has 0 spiro atoms. The highest BCUT2D eigenvalue weighted by atomic mass is 32.2. The van der Waals surface area contributed by atoms with Crippen LogP contribution >= 0.6 is 11.8 Å². The molecule has 6 heteroatoms. The maximum Gasteiger partial charge on any atom is 0.321 e. The lowest BCUT2D eigenvalue weighted by atomic mass is 10.2. The lowest BCUT2D eigenvalue weighted by Crippen LogP contribution is -2.39. The van der Waals surface area contributed by atoms with Gasteiger partial charge in [-0.3, -0.25) is 9.59 Å². The van der Waals surface area contributed by atoms with Crippen molar-refractivity contribution in [3.8, 4) is 0 Å². The van der Waals surface area contributed by atoms with Crippen molar-refractivity contribution in [2.75, 3.05) is 5.88 Å². The molecule has 2 atom stereocenters. The Morgan fingerprint density at radius 1 is 1.62 bits per heavy atom. The number of carboxylic acid groups (broad SMARTS) is 1. The highest BCUT2D eigenvalue weighted by Gasteiger charge is 2.19. The SMILES string of the molecule is CC(=O)NCSC(C)C(N)C(=O)O. The molecule has 0 aromatic heterocycles. The molecule has 0 aromatic rings. The van der Waals surface area contributed by atoms with Crippen LogP contribution in [-0.2, 0) is 9.59 Å². The van der Waals surface area contributed by atoms with Crippen LogP contribution in [0.3, 0.4) is 0 Å². The molecule has 0 saturated heterocycles. The molecule has 4 N–H and O–H groups in total. The summed E-state index contributed by atoms with van der Waals surface area (Å²) in [5.74, 6) is -0.774. The number of carboxylic acids is 1. The Morgan fingerprint density at radius 3 is 2.54 bits per heavy atom. The van der Waals surface area contributed by atoms with Gasteiger partial charge in [-0.05, 0) is 0 Å². The molecule has 0 saturated carbocycles. The lowest BCUT2D eigenvalue weighted by Gasteiger charge is -2.14. The van der Waals surface area contributed by atoms with E-state index in [1.165, 1.54) is 18.7 Å². The van der Waals surface area contributed by atoms with Gasteiger partial charge >= 0.3 is 5.97 Å². The number of hydrogen-bond donors (Lipinski definition) is 3. The molecule has 0 aliphatic rings. The van der Waals surface area contributed by atoms with Gasteiger partial charge < -0.3 is 16.2 Å². The molecule has 0 aliphatic heterocycles. The monoisotopic (exact) mass is 206 g/mol. The molecule has 0 aromatic carbocycles. The Kier molecular flexibility index (Phi) is 5.48. The first-order chi connectivity index (χ1) is 5.95. The zero-order chi connectivity index (χ0) is 10.4. The Bertz CT molecular complexity index is 198. The number of aliphatic carboxylic acids is 1. The van der Waals surface area contributed by atoms with E-state index in [0.29, 0.717) is 5.88 Å². The Morgan fingerprint density at radius 2 is 2.15 bits per heavy atom. The van der Waals surface area contributed by atoms with Gasteiger partial charge in [-0.15, -0.1) is 11.8 Å². The van der Waals surface area contributed by atoms with E-state index in [1.54, 1.807) is 6.92 Å². The quantitative estimate of drug-likeness (QED) is 0.533. The fourth-order valence-corrected chi connectivity index (χ4v) is 1.45. The van der Waals surface area contributed by atoms with Gasteiger partial charge in [0.2, 0.25) is 5.91 Å². The average molecular weight is 206 g/mol. The standard InChI is InChI=1S/C7H14N2O3S/c1-4(6(8)7(11)12)13-3-9-5(2)10/h4,6H,3,8H2,1-2H3,(H,9,10)(H,11,12). The number of carbonyl (C=O) groups is 2. The summed E-state index contributed by atoms with van der Waals surface area (Å²) >= 11 is 1.30. The molecule has 0 rings (SSSR count). The summed E-state index contributed by atoms with van der Waals surface area (Å²) in [6.07, 6.45) is 0. The van der Waals surface area contributed by atoms with Crippen molar-refractivity contribution in [3.63, 3.8) is 0 Å². The fourth-order valence-electron chi connectivity index (χ4n) is 0.579. The molecule has 13 heavy (non-hydrogen) atoms. The van der Waals surface area contributed by atoms with Crippen LogP contribution in [0.15, 0.2) is 0 Å². The Labute approximate surface area is 81.1 Å². The summed E-state index contributed by atoms with van der Waals surface area (Å²) in [7, 11) is 0. The molecule has 2 unspecified atom stereocenters. The number of hydrogen-bond acceptors (Lipinski definition) is 4. The third-order valence-electron chi connectivity index (χ3n) is 1.46. The van der Waals surface area contributed by atoms with Gasteiger partial charge in [-0.25, -0.2) is 0 Å². The minimum Gasteiger partial charge on any atom is -0.480 e. The van der Waals surface area contributed by atoms with E-state index in [4.69, 9.17) is 10.8 Å². The maximum absolute atomic E-state index is 10.5. The second-order valence-electron chi connectivity index (χ2n) is 2.61. The first-order valence-corrected chi connectivity index (χ1v) is 4.84. The van der Waals surface area contributed by atoms with Crippen LogP contribution in [0.2, 0.25) is 0 Å². The number of carbonyl (C=O) groups excluding carboxylic acids is 1. The van der Waals surface area contributed by atoms with Crippen LogP contribution in [0.25, 0.3) is 0 Å². The van der Waals surface area contributed by atoms with Crippen molar-refractivity contribution < 1.29 is 14.7 Å². The van der Waals surface area contributed by atoms with Crippen molar-refractivity contribution in [1.82, 2.24) is 5.32 Å². The Balaban J connectivity index is 3.67. The molecule has 0 bridgehead atoms. The summed E-state index contributed by atoms with van der Waals surface area (Å²) in [5.41, 5.74) is 5.34. The molecule has 0 heterocycles. The molecule has 76 valence electrons. The zero-order valence-corrected chi connectivity index (χ0v) is 8.43. The molecule has 1 amide bonds. The first kappa shape index (κ1) is 12.2. The molecular weight excluding hydrogens is 192 g/mol. The van der Waals surface area contributed by atoms with Crippen molar-refractivity contribution in [2.24, 2.45) is 5.73 Å². The van der Waals surface area contributed by atoms with Gasteiger partial charge in [-0.2, -0.15) is 0 Å². The van der Waals surface area contributed by atoms with E-state index < -0.39 is 12.0 Å². The smallest absolute Gasteiger partial charge is 0.321 e. The predicted octanol–water partition coefficient (Wildman–Crippen LogP) is -0.386. The lowest BCUT2D eigenvalue weighted by molar-refractivity contribution is -0.138. The minimum absolute atomic E-state index is 0.136. The van der Waals surface area contributed by atoms with E-state index in [1.807, 2.05) is 0 Å². The van der Waals surface area contributed by atoms with Crippen LogP contribution in [0.1, 0.15) is 13.8 Å². The highest BCUT2D eigenvalue weighted by Crippen LogP contribution is 2.11. The number of amides is 1. The van der Waals surface area contributed by atoms with Crippen molar-refractivity contribution in [2.45, 2.75) is 25.1 Å². The number of nitrogens with one attached hydrogen (secondary N) is 1. The largest absolute Gasteiger partial charge is 0.480 e. The van der Waals surface area contributed by atoms with E-state index in [-0.39, 0.29) is 11.2 Å². The molecule has 0 fully saturated rings. The van der Waals surface area contributed by atoms with Crippen LogP contribution in [0.5, 0.6) is 0 Å². The van der Waals surface area contributed by atoms with Gasteiger partial charge in [0.15, 0.2) is 0 Å². The van der Waals surface area contributed by atoms with E-state index in [2.05, 4.69) is 5.32 Å². The van der Waals surface area contributed by atoms with Crippen molar-refractivity contribution in [1.29, 1.82) is 0 Å². The molecule has 5 nitrogen and oxygen atoms in total. The summed E-state index contributed by atoms with van der Waals surface area (Å²) in [5, 5.41) is 10.9. The highest BCUT2D eigenvalue weighted by molar-refractivity contribution is 7.99. The van der Waals surface area contributed by atoms with Gasteiger partial charge in [0.05, 0.1) is 5.88 Å². The normalized spacial score (nSPS) is 14.7. The van der Waals surface area contributed by atoms with Crippen LogP contribution < -0.4 is 11.1 Å². The average Bonchev–Trinajstić information content (AvgIpc) is 2.02. The van der Waals surface area contributed by atoms with Gasteiger partial charge in [0.25, 0.3) is 0 Å². The van der Waals surface area contributed by atoms with Crippen LogP contribution in [0.4, 0.5) is 0 Å². The summed E-state index contributed by atoms with van der Waals surface area (Å²) < 4.78 is 0. The van der Waals surface area contributed by atoms with Crippen LogP contribution in [0, 0.1) is 0 Å². The summed E-state index contributed by atoms with van der Waals surface area (Å²) in [6.45, 7) is 3.12. The van der Waals surface area contributed by atoms with E-state index in [0.717, 1.165) is 0 Å². The third kappa shape index (κ3) is 5.48. The second kappa shape index (κ2) is 5.82. The van der Waals surface area contributed by atoms with E-state index >= 15 is 0 Å². The van der Waals surface area contributed by atoms with Crippen LogP contribution in [-0.4, -0.2) is 34.2 Å². The summed E-state index contributed by atoms with van der Waals surface area (Å²) in [4.78, 5) is 20.9. The van der Waals surface area contributed by atoms with Gasteiger partial charge in [0, 0.05) is 12.2 Å². The number of thioether (sulfide) groups is 1. The topological polar surface area (TPSA) is 92.4 Å². The third-order valence-corrected chi connectivity index (χ3v) is 2.59. The molecule has 0 aliphatic carbocycles.